The van der Waals surface area contributed by atoms with E-state index in [9.17, 15) is 34.6 Å². The van der Waals surface area contributed by atoms with Gasteiger partial charge in [0, 0.05) is 0 Å². The van der Waals surface area contributed by atoms with Crippen molar-refractivity contribution in [1.29, 1.82) is 0 Å². The van der Waals surface area contributed by atoms with Crippen LogP contribution in [0.2, 0.25) is 0 Å². The molecule has 1 amide bonds. The van der Waals surface area contributed by atoms with Crippen molar-refractivity contribution in [2.75, 3.05) is 25.2 Å². The average molecular weight is 511 g/mol. The van der Waals surface area contributed by atoms with Crippen LogP contribution in [0, 0.1) is 27.2 Å². The van der Waals surface area contributed by atoms with Crippen molar-refractivity contribution in [3.05, 3.63) is 42.4 Å². The van der Waals surface area contributed by atoms with Gasteiger partial charge < -0.3 is 33.3 Å². The lowest BCUT2D eigenvalue weighted by molar-refractivity contribution is -0.790. The Labute approximate surface area is 196 Å². The fraction of sp³-hybridized carbons (Fsp3) is 0.706. The Hall–Kier alpha value is -3.50. The highest BCUT2D eigenvalue weighted by atomic mass is 32.2. The molecule has 0 aliphatic rings. The van der Waals surface area contributed by atoms with E-state index in [-0.39, 0.29) is 50.4 Å². The highest BCUT2D eigenvalue weighted by Gasteiger charge is 2.24. The second kappa shape index (κ2) is 15.4. The standard InChI is InChI=1S/C17H25N3O13S/c1-11-14(32-17(23)31-11)10-29-15(21)13(6-8-34-2)18-16(22)28-7-4-3-5-12(33-20(26)27)9-30-19(24)25/h12-13H,3-10H2,1-2H3,(H,18,22). The van der Waals surface area contributed by atoms with E-state index in [0.29, 0.717) is 5.75 Å². The van der Waals surface area contributed by atoms with Crippen LogP contribution in [0.15, 0.2) is 13.6 Å². The molecule has 0 saturated carbocycles. The minimum atomic E-state index is -1.15. The lowest BCUT2D eigenvalue weighted by Crippen LogP contribution is -2.42. The van der Waals surface area contributed by atoms with E-state index in [1.165, 1.54) is 18.7 Å². The number of rotatable bonds is 17. The molecule has 34 heavy (non-hydrogen) atoms. The van der Waals surface area contributed by atoms with Gasteiger partial charge in [0.05, 0.1) is 6.61 Å². The molecule has 0 bridgehead atoms. The summed E-state index contributed by atoms with van der Waals surface area (Å²) < 4.78 is 19.5. The van der Waals surface area contributed by atoms with Crippen molar-refractivity contribution in [1.82, 2.24) is 5.32 Å². The number of hydrogen-bond acceptors (Lipinski definition) is 14. The van der Waals surface area contributed by atoms with Gasteiger partial charge in [0.1, 0.15) is 18.8 Å². The van der Waals surface area contributed by atoms with Crippen LogP contribution in [0.5, 0.6) is 0 Å². The molecule has 17 heteroatoms. The third-order valence-corrected chi connectivity index (χ3v) is 4.77. The number of nitrogens with one attached hydrogen (secondary N) is 1. The predicted molar refractivity (Wildman–Crippen MR) is 112 cm³/mol. The summed E-state index contributed by atoms with van der Waals surface area (Å²) in [6, 6.07) is -1.02. The molecule has 1 aromatic heterocycles. The molecule has 0 aliphatic heterocycles. The summed E-state index contributed by atoms with van der Waals surface area (Å²) in [6.07, 6.45) is 0.622. The lowest BCUT2D eigenvalue weighted by atomic mass is 10.2. The number of unbranched alkanes of at least 4 members (excludes halogenated alkanes) is 1. The lowest BCUT2D eigenvalue weighted by Gasteiger charge is -2.17. The first-order valence-corrected chi connectivity index (χ1v) is 11.3. The first-order chi connectivity index (χ1) is 16.1. The van der Waals surface area contributed by atoms with Crippen molar-refractivity contribution in [2.24, 2.45) is 0 Å². The highest BCUT2D eigenvalue weighted by Crippen LogP contribution is 2.10. The largest absolute Gasteiger partial charge is 0.519 e. The first kappa shape index (κ1) is 28.5. The molecule has 192 valence electrons. The fourth-order valence-corrected chi connectivity index (χ4v) is 2.95. The zero-order valence-electron chi connectivity index (χ0n) is 18.4. The molecule has 1 heterocycles. The molecule has 0 spiro atoms. The first-order valence-electron chi connectivity index (χ1n) is 9.89. The van der Waals surface area contributed by atoms with Crippen LogP contribution >= 0.6 is 11.8 Å². The van der Waals surface area contributed by atoms with Crippen molar-refractivity contribution in [2.45, 2.75) is 51.4 Å². The molecule has 0 radical (unpaired) electrons. The van der Waals surface area contributed by atoms with Gasteiger partial charge in [0.2, 0.25) is 0 Å². The number of carbonyl (C=O) groups excluding carboxylic acids is 2. The zero-order chi connectivity index (χ0) is 25.5. The fourth-order valence-electron chi connectivity index (χ4n) is 2.48. The summed E-state index contributed by atoms with van der Waals surface area (Å²) in [6.45, 7) is 0.416. The van der Waals surface area contributed by atoms with Crippen molar-refractivity contribution in [3.8, 4) is 0 Å². The Balaban J connectivity index is 2.43. The third kappa shape index (κ3) is 11.9. The van der Waals surface area contributed by atoms with E-state index in [1.54, 1.807) is 0 Å². The molecule has 16 nitrogen and oxygen atoms in total. The quantitative estimate of drug-likeness (QED) is 0.135. The Morgan fingerprint density at radius 3 is 2.44 bits per heavy atom. The van der Waals surface area contributed by atoms with E-state index in [0.717, 1.165) is 0 Å². The summed E-state index contributed by atoms with van der Waals surface area (Å²) in [7, 11) is 0. The van der Waals surface area contributed by atoms with Crippen LogP contribution in [-0.4, -0.2) is 59.6 Å². The van der Waals surface area contributed by atoms with Gasteiger partial charge in [-0.25, -0.2) is 14.4 Å². The zero-order valence-corrected chi connectivity index (χ0v) is 19.2. The number of nitrogens with zero attached hydrogens (tertiary/aromatic N) is 2. The van der Waals surface area contributed by atoms with Crippen LogP contribution in [0.4, 0.5) is 4.79 Å². The minimum Gasteiger partial charge on any atom is -0.456 e. The maximum absolute atomic E-state index is 12.3. The predicted octanol–water partition coefficient (Wildman–Crippen LogP) is 1.39. The molecule has 0 aromatic carbocycles. The molecule has 2 unspecified atom stereocenters. The molecule has 1 aromatic rings. The van der Waals surface area contributed by atoms with Crippen LogP contribution in [0.1, 0.15) is 37.2 Å². The summed E-state index contributed by atoms with van der Waals surface area (Å²) in [4.78, 5) is 64.4. The van der Waals surface area contributed by atoms with Gasteiger partial charge in [-0.1, -0.05) is 0 Å². The number of amides is 1. The number of ether oxygens (including phenoxy) is 2. The van der Waals surface area contributed by atoms with E-state index in [4.69, 9.17) is 13.9 Å². The van der Waals surface area contributed by atoms with Gasteiger partial charge in [-0.2, -0.15) is 11.8 Å². The van der Waals surface area contributed by atoms with Gasteiger partial charge in [-0.15, -0.1) is 20.2 Å². The number of esters is 1. The number of hydrogen-bond donors (Lipinski definition) is 1. The van der Waals surface area contributed by atoms with Crippen molar-refractivity contribution < 1.29 is 47.7 Å². The molecule has 0 aliphatic carbocycles. The van der Waals surface area contributed by atoms with Gasteiger partial charge in [-0.05, 0) is 44.6 Å². The van der Waals surface area contributed by atoms with Gasteiger partial charge >= 0.3 is 17.9 Å². The third-order valence-electron chi connectivity index (χ3n) is 4.12. The number of thioether (sulfide) groups is 1. The van der Waals surface area contributed by atoms with Gasteiger partial charge in [0.25, 0.3) is 10.2 Å². The summed E-state index contributed by atoms with van der Waals surface area (Å²) in [5, 5.41) is 20.9. The SMILES string of the molecule is CSCCC(NC(=O)OCCCCC(CO[N+](=O)[O-])O[N+](=O)[O-])C(=O)OCc1oc(=O)oc1C. The molecule has 0 fully saturated rings. The molecular weight excluding hydrogens is 486 g/mol. The minimum absolute atomic E-state index is 0.0476. The Kier molecular flexibility index (Phi) is 12.9. The maximum atomic E-state index is 12.3. The Morgan fingerprint density at radius 2 is 1.85 bits per heavy atom. The molecule has 0 saturated heterocycles. The Morgan fingerprint density at radius 1 is 1.12 bits per heavy atom. The van der Waals surface area contributed by atoms with Crippen LogP contribution < -0.4 is 11.1 Å². The van der Waals surface area contributed by atoms with Gasteiger partial charge in [0.15, 0.2) is 18.1 Å². The number of alkyl carbamates (subject to hydrolysis) is 1. The van der Waals surface area contributed by atoms with Crippen molar-refractivity contribution in [3.63, 3.8) is 0 Å². The molecule has 1 N–H and O–H groups in total. The van der Waals surface area contributed by atoms with Crippen LogP contribution in [0.25, 0.3) is 0 Å². The molecule has 2 atom stereocenters. The average Bonchev–Trinajstić information content (AvgIpc) is 3.09. The van der Waals surface area contributed by atoms with Crippen molar-refractivity contribution >= 4 is 23.8 Å². The molecule has 1 rings (SSSR count). The summed E-state index contributed by atoms with van der Waals surface area (Å²) in [5.74, 6) is -0.941. The van der Waals surface area contributed by atoms with E-state index >= 15 is 0 Å². The smallest absolute Gasteiger partial charge is 0.456 e. The van der Waals surface area contributed by atoms with E-state index < -0.39 is 46.8 Å². The highest BCUT2D eigenvalue weighted by molar-refractivity contribution is 7.98. The van der Waals surface area contributed by atoms with Crippen LogP contribution in [-0.2, 0) is 30.6 Å². The number of carbonyl (C=O) groups is 2. The van der Waals surface area contributed by atoms with Crippen LogP contribution in [0.3, 0.4) is 0 Å². The topological polar surface area (TPSA) is 213 Å². The maximum Gasteiger partial charge on any atom is 0.519 e. The summed E-state index contributed by atoms with van der Waals surface area (Å²) >= 11 is 1.44. The molecular formula is C17H25N3O13S. The second-order valence-corrected chi connectivity index (χ2v) is 7.61. The Bertz CT molecular complexity index is 871. The monoisotopic (exact) mass is 511 g/mol. The van der Waals surface area contributed by atoms with E-state index in [2.05, 4.69) is 19.4 Å². The van der Waals surface area contributed by atoms with E-state index in [1.807, 2.05) is 6.26 Å². The van der Waals surface area contributed by atoms with Gasteiger partial charge in [-0.3, -0.25) is 0 Å². The second-order valence-electron chi connectivity index (χ2n) is 6.62. The summed E-state index contributed by atoms with van der Waals surface area (Å²) in [5.41, 5.74) is 0. The normalized spacial score (nSPS) is 12.3. The number of aryl methyl sites for hydroxylation is 1.